The van der Waals surface area contributed by atoms with Crippen molar-refractivity contribution < 1.29 is 4.79 Å². The van der Waals surface area contributed by atoms with Gasteiger partial charge in [-0.05, 0) is 17.5 Å². The molecule has 0 aliphatic carbocycles. The third-order valence-electron chi connectivity index (χ3n) is 2.14. The monoisotopic (exact) mass is 218 g/mol. The summed E-state index contributed by atoms with van der Waals surface area (Å²) in [6, 6.07) is 7.78. The molecule has 0 fully saturated rings. The van der Waals surface area contributed by atoms with Crippen LogP contribution >= 0.6 is 11.8 Å². The molecule has 1 heterocycles. The lowest BCUT2D eigenvalue weighted by molar-refractivity contribution is 0.104. The number of hydrogen-bond donors (Lipinski definition) is 0. The molecule has 0 spiro atoms. The maximum atomic E-state index is 12.0. The van der Waals surface area contributed by atoms with Gasteiger partial charge in [0.25, 0.3) is 0 Å². The molecule has 0 bridgehead atoms. The van der Waals surface area contributed by atoms with Gasteiger partial charge in [0.05, 0.1) is 4.91 Å². The minimum Gasteiger partial charge on any atom is -0.288 e. The number of rotatable bonds is 0. The van der Waals surface area contributed by atoms with Gasteiger partial charge in [-0.3, -0.25) is 4.79 Å². The summed E-state index contributed by atoms with van der Waals surface area (Å²) in [5.41, 5.74) is 0.901. The Morgan fingerprint density at radius 2 is 1.87 bits per heavy atom. The Kier molecular flexibility index (Phi) is 2.47. The number of hydrogen-bond acceptors (Lipinski definition) is 2. The van der Waals surface area contributed by atoms with E-state index in [-0.39, 0.29) is 11.2 Å². The van der Waals surface area contributed by atoms with Crippen LogP contribution in [0.5, 0.6) is 0 Å². The van der Waals surface area contributed by atoms with Crippen LogP contribution < -0.4 is 0 Å². The van der Waals surface area contributed by atoms with Gasteiger partial charge in [-0.2, -0.15) is 0 Å². The Morgan fingerprint density at radius 1 is 1.20 bits per heavy atom. The van der Waals surface area contributed by atoms with E-state index in [0.717, 1.165) is 15.4 Å². The van der Waals surface area contributed by atoms with E-state index >= 15 is 0 Å². The fourth-order valence-electron chi connectivity index (χ4n) is 1.53. The number of ketones is 1. The molecule has 0 saturated heterocycles. The molecule has 0 unspecified atom stereocenters. The Bertz CT molecular complexity index is 438. The minimum atomic E-state index is 0.0556. The quantitative estimate of drug-likeness (QED) is 0.614. The smallest absolute Gasteiger partial charge is 0.200 e. The summed E-state index contributed by atoms with van der Waals surface area (Å²) >= 11 is 1.58. The number of Topliss-reactive ketones (excluding diaryl/α,β-unsaturated/α-hetero) is 1. The third kappa shape index (κ3) is 2.15. The van der Waals surface area contributed by atoms with Crippen molar-refractivity contribution in [1.82, 2.24) is 0 Å². The second-order valence-electron chi connectivity index (χ2n) is 4.80. The molecule has 15 heavy (non-hydrogen) atoms. The highest BCUT2D eigenvalue weighted by Gasteiger charge is 2.26. The first-order valence-electron chi connectivity index (χ1n) is 5.02. The molecule has 1 nitrogen and oxygen atoms in total. The van der Waals surface area contributed by atoms with Gasteiger partial charge in [0, 0.05) is 10.5 Å². The zero-order valence-electron chi connectivity index (χ0n) is 9.20. The molecule has 1 aliphatic heterocycles. The van der Waals surface area contributed by atoms with Crippen LogP contribution in [0.2, 0.25) is 0 Å². The van der Waals surface area contributed by atoms with Crippen LogP contribution in [-0.4, -0.2) is 5.78 Å². The average molecular weight is 218 g/mol. The molecule has 78 valence electrons. The molecule has 0 saturated carbocycles. The van der Waals surface area contributed by atoms with Crippen LogP contribution in [-0.2, 0) is 0 Å². The van der Waals surface area contributed by atoms with E-state index in [9.17, 15) is 4.79 Å². The lowest BCUT2D eigenvalue weighted by atomic mass is 9.95. The normalized spacial score (nSPS) is 18.3. The molecule has 1 aromatic carbocycles. The van der Waals surface area contributed by atoms with Gasteiger partial charge in [-0.1, -0.05) is 50.7 Å². The highest BCUT2D eigenvalue weighted by molar-refractivity contribution is 8.04. The molecule has 0 N–H and O–H groups in total. The van der Waals surface area contributed by atoms with Gasteiger partial charge in [0.15, 0.2) is 0 Å². The fourth-order valence-corrected chi connectivity index (χ4v) is 2.80. The maximum absolute atomic E-state index is 12.0. The summed E-state index contributed by atoms with van der Waals surface area (Å²) in [6.45, 7) is 6.32. The van der Waals surface area contributed by atoms with Crippen molar-refractivity contribution in [2.75, 3.05) is 0 Å². The summed E-state index contributed by atoms with van der Waals surface area (Å²) in [5, 5.41) is 0. The Labute approximate surface area is 94.6 Å². The summed E-state index contributed by atoms with van der Waals surface area (Å²) in [5.74, 6) is 0.172. The Balaban J connectivity index is 2.40. The zero-order valence-corrected chi connectivity index (χ0v) is 10.0. The van der Waals surface area contributed by atoms with Gasteiger partial charge in [-0.15, -0.1) is 0 Å². The Morgan fingerprint density at radius 3 is 2.47 bits per heavy atom. The fraction of sp³-hybridized carbons (Fsp3) is 0.308. The predicted molar refractivity (Wildman–Crippen MR) is 64.2 cm³/mol. The van der Waals surface area contributed by atoms with Crippen LogP contribution in [0.25, 0.3) is 0 Å². The van der Waals surface area contributed by atoms with E-state index in [1.807, 2.05) is 24.3 Å². The van der Waals surface area contributed by atoms with Crippen molar-refractivity contribution in [1.29, 1.82) is 0 Å². The molecule has 1 aromatic rings. The first-order chi connectivity index (χ1) is 6.97. The second-order valence-corrected chi connectivity index (χ2v) is 5.89. The van der Waals surface area contributed by atoms with E-state index in [4.69, 9.17) is 0 Å². The largest absolute Gasteiger partial charge is 0.288 e. The van der Waals surface area contributed by atoms with Crippen LogP contribution in [0, 0.1) is 5.41 Å². The number of benzene rings is 1. The standard InChI is InChI=1S/C13H14OS/c1-13(2,3)8-11-12(14)9-6-4-5-7-10(9)15-11/h4-8H,1-3H3/b11-8+. The Hall–Kier alpha value is -1.02. The summed E-state index contributed by atoms with van der Waals surface area (Å²) < 4.78 is 0. The van der Waals surface area contributed by atoms with Crippen molar-refractivity contribution in [3.05, 3.63) is 40.8 Å². The van der Waals surface area contributed by atoms with E-state index in [1.54, 1.807) is 11.8 Å². The summed E-state index contributed by atoms with van der Waals surface area (Å²) in [7, 11) is 0. The third-order valence-corrected chi connectivity index (χ3v) is 3.24. The van der Waals surface area contributed by atoms with Crippen molar-refractivity contribution in [3.63, 3.8) is 0 Å². The van der Waals surface area contributed by atoms with E-state index in [0.29, 0.717) is 0 Å². The van der Waals surface area contributed by atoms with Crippen LogP contribution in [0.1, 0.15) is 31.1 Å². The van der Waals surface area contributed by atoms with Crippen molar-refractivity contribution in [2.24, 2.45) is 5.41 Å². The molecule has 2 rings (SSSR count). The number of thioether (sulfide) groups is 1. The van der Waals surface area contributed by atoms with Gasteiger partial charge >= 0.3 is 0 Å². The first kappa shape index (κ1) is 10.5. The summed E-state index contributed by atoms with van der Waals surface area (Å²) in [6.07, 6.45) is 2.06. The highest BCUT2D eigenvalue weighted by atomic mass is 32.2. The molecule has 1 aliphatic rings. The van der Waals surface area contributed by atoms with Crippen LogP contribution in [0.3, 0.4) is 0 Å². The number of carbonyl (C=O) groups is 1. The average Bonchev–Trinajstić information content (AvgIpc) is 2.42. The van der Waals surface area contributed by atoms with Gasteiger partial charge in [0.2, 0.25) is 5.78 Å². The molecule has 0 radical (unpaired) electrons. The molecule has 2 heteroatoms. The molecule has 0 amide bonds. The lowest BCUT2D eigenvalue weighted by Crippen LogP contribution is -2.03. The molecular formula is C13H14OS. The molecule has 0 atom stereocenters. The van der Waals surface area contributed by atoms with Gasteiger partial charge in [0.1, 0.15) is 0 Å². The van der Waals surface area contributed by atoms with Crippen molar-refractivity contribution in [2.45, 2.75) is 25.7 Å². The highest BCUT2D eigenvalue weighted by Crippen LogP contribution is 2.41. The molecule has 0 aromatic heterocycles. The topological polar surface area (TPSA) is 17.1 Å². The van der Waals surface area contributed by atoms with Gasteiger partial charge in [-0.25, -0.2) is 0 Å². The SMILES string of the molecule is CC(C)(C)/C=C1/Sc2ccccc2C1=O. The van der Waals surface area contributed by atoms with Crippen LogP contribution in [0.15, 0.2) is 40.1 Å². The van der Waals surface area contributed by atoms with Gasteiger partial charge < -0.3 is 0 Å². The lowest BCUT2D eigenvalue weighted by Gasteiger charge is -2.12. The zero-order chi connectivity index (χ0) is 11.1. The number of fused-ring (bicyclic) bond motifs is 1. The van der Waals surface area contributed by atoms with Crippen LogP contribution in [0.4, 0.5) is 0 Å². The second kappa shape index (κ2) is 3.53. The summed E-state index contributed by atoms with van der Waals surface area (Å²) in [4.78, 5) is 13.9. The van der Waals surface area contributed by atoms with Crippen molar-refractivity contribution in [3.8, 4) is 0 Å². The van der Waals surface area contributed by atoms with E-state index in [2.05, 4.69) is 26.8 Å². The minimum absolute atomic E-state index is 0.0556. The van der Waals surface area contributed by atoms with E-state index < -0.39 is 0 Å². The molecular weight excluding hydrogens is 204 g/mol. The first-order valence-corrected chi connectivity index (χ1v) is 5.83. The maximum Gasteiger partial charge on any atom is 0.200 e. The number of carbonyl (C=O) groups excluding carboxylic acids is 1. The number of allylic oxidation sites excluding steroid dienone is 2. The van der Waals surface area contributed by atoms with E-state index in [1.165, 1.54) is 0 Å². The van der Waals surface area contributed by atoms with Crippen molar-refractivity contribution >= 4 is 17.5 Å². The predicted octanol–water partition coefficient (Wildman–Crippen LogP) is 3.91.